The van der Waals surface area contributed by atoms with Crippen molar-refractivity contribution in [3.05, 3.63) is 0 Å². The van der Waals surface area contributed by atoms with E-state index < -0.39 is 0 Å². The largest absolute Gasteiger partial charge is 0.309 e. The summed E-state index contributed by atoms with van der Waals surface area (Å²) in [6.07, 6.45) is 4.21. The minimum Gasteiger partial charge on any atom is -0.309 e. The lowest BCUT2D eigenvalue weighted by Gasteiger charge is -2.30. The van der Waals surface area contributed by atoms with Crippen LogP contribution in [0.15, 0.2) is 0 Å². The summed E-state index contributed by atoms with van der Waals surface area (Å²) in [6, 6.07) is 0. The van der Waals surface area contributed by atoms with Gasteiger partial charge in [0.15, 0.2) is 0 Å². The minimum absolute atomic E-state index is 0.950. The van der Waals surface area contributed by atoms with Gasteiger partial charge in [0.2, 0.25) is 0 Å². The third kappa shape index (κ3) is 3.55. The van der Waals surface area contributed by atoms with Crippen LogP contribution in [-0.2, 0) is 0 Å². The lowest BCUT2D eigenvalue weighted by Crippen LogP contribution is -2.33. The van der Waals surface area contributed by atoms with E-state index in [1.807, 2.05) is 0 Å². The Kier molecular flexibility index (Phi) is 4.02. The molecule has 1 fully saturated rings. The van der Waals surface area contributed by atoms with Crippen molar-refractivity contribution in [2.45, 2.75) is 19.3 Å². The van der Waals surface area contributed by atoms with Gasteiger partial charge >= 0.3 is 0 Å². The summed E-state index contributed by atoms with van der Waals surface area (Å²) in [5.74, 6) is 0.950. The summed E-state index contributed by atoms with van der Waals surface area (Å²) in [5.41, 5.74) is 0. The fraction of sp³-hybridized carbons (Fsp3) is 1.00. The normalized spacial score (nSPS) is 26.5. The molecule has 1 unspecified atom stereocenters. The number of likely N-dealkylation sites (tertiary alicyclic amines) is 1. The molecule has 1 rings (SSSR count). The van der Waals surface area contributed by atoms with Crippen LogP contribution in [-0.4, -0.2) is 50.6 Å². The minimum atomic E-state index is 0.950. The second-order valence-corrected chi connectivity index (χ2v) is 4.36. The molecule has 1 aliphatic rings. The van der Waals surface area contributed by atoms with Crippen LogP contribution >= 0.6 is 0 Å². The molecule has 0 spiro atoms. The summed E-state index contributed by atoms with van der Waals surface area (Å²) in [7, 11) is 6.56. The highest BCUT2D eigenvalue weighted by Gasteiger charge is 2.16. The molecule has 12 heavy (non-hydrogen) atoms. The van der Waals surface area contributed by atoms with Crippen LogP contribution in [0.1, 0.15) is 19.3 Å². The van der Waals surface area contributed by atoms with Gasteiger partial charge in [0.05, 0.1) is 0 Å². The molecule has 0 aliphatic carbocycles. The fourth-order valence-electron chi connectivity index (χ4n) is 1.95. The second kappa shape index (κ2) is 4.83. The van der Waals surface area contributed by atoms with E-state index in [9.17, 15) is 0 Å². The Labute approximate surface area is 76.5 Å². The Bertz CT molecular complexity index is 123. The van der Waals surface area contributed by atoms with Gasteiger partial charge < -0.3 is 9.80 Å². The van der Waals surface area contributed by atoms with Crippen molar-refractivity contribution in [3.63, 3.8) is 0 Å². The van der Waals surface area contributed by atoms with Gasteiger partial charge in [0.25, 0.3) is 0 Å². The molecule has 0 N–H and O–H groups in total. The maximum absolute atomic E-state index is 2.46. The van der Waals surface area contributed by atoms with E-state index in [0.717, 1.165) is 5.92 Å². The molecule has 0 amide bonds. The van der Waals surface area contributed by atoms with Crippen LogP contribution in [0.4, 0.5) is 0 Å². The first-order valence-corrected chi connectivity index (χ1v) is 5.02. The highest BCUT2D eigenvalue weighted by atomic mass is 15.1. The quantitative estimate of drug-likeness (QED) is 0.629. The van der Waals surface area contributed by atoms with E-state index in [1.54, 1.807) is 0 Å². The van der Waals surface area contributed by atoms with Gasteiger partial charge in [-0.25, -0.2) is 0 Å². The van der Waals surface area contributed by atoms with Crippen molar-refractivity contribution in [1.82, 2.24) is 9.80 Å². The van der Waals surface area contributed by atoms with Crippen LogP contribution in [0.2, 0.25) is 0 Å². The summed E-state index contributed by atoms with van der Waals surface area (Å²) in [5, 5.41) is 0. The van der Waals surface area contributed by atoms with Crippen molar-refractivity contribution < 1.29 is 0 Å². The zero-order valence-corrected chi connectivity index (χ0v) is 8.71. The fourth-order valence-corrected chi connectivity index (χ4v) is 1.95. The van der Waals surface area contributed by atoms with E-state index in [-0.39, 0.29) is 0 Å². The van der Waals surface area contributed by atoms with Gasteiger partial charge in [-0.15, -0.1) is 0 Å². The molecule has 1 saturated heterocycles. The van der Waals surface area contributed by atoms with Crippen LogP contribution in [0.25, 0.3) is 0 Å². The summed E-state index contributed by atoms with van der Waals surface area (Å²) >= 11 is 0. The Balaban J connectivity index is 2.14. The molecule has 0 radical (unpaired) electrons. The van der Waals surface area contributed by atoms with E-state index in [4.69, 9.17) is 0 Å². The molecule has 0 bridgehead atoms. The van der Waals surface area contributed by atoms with Gasteiger partial charge in [-0.2, -0.15) is 0 Å². The first-order chi connectivity index (χ1) is 5.68. The lowest BCUT2D eigenvalue weighted by atomic mass is 9.95. The molecule has 0 aromatic heterocycles. The topological polar surface area (TPSA) is 6.48 Å². The van der Waals surface area contributed by atoms with Gasteiger partial charge in [-0.3, -0.25) is 0 Å². The van der Waals surface area contributed by atoms with E-state index in [1.165, 1.54) is 38.9 Å². The van der Waals surface area contributed by atoms with Gasteiger partial charge in [0, 0.05) is 6.54 Å². The molecule has 1 heterocycles. The van der Waals surface area contributed by atoms with Crippen LogP contribution in [0.5, 0.6) is 0 Å². The Morgan fingerprint density at radius 1 is 1.42 bits per heavy atom. The molecule has 0 aromatic carbocycles. The number of hydrogen-bond donors (Lipinski definition) is 0. The van der Waals surface area contributed by atoms with Gasteiger partial charge in [-0.1, -0.05) is 0 Å². The molecule has 1 aliphatic heterocycles. The standard InChI is InChI=1S/C10H22N2/c1-11(2)8-6-10-5-4-7-12(3)9-10/h10H,4-9H2,1-3H3. The van der Waals surface area contributed by atoms with Crippen molar-refractivity contribution in [1.29, 1.82) is 0 Å². The third-order valence-electron chi connectivity index (χ3n) is 2.71. The molecule has 0 aromatic rings. The zero-order valence-electron chi connectivity index (χ0n) is 8.71. The van der Waals surface area contributed by atoms with E-state index in [2.05, 4.69) is 30.9 Å². The first kappa shape index (κ1) is 10.0. The average molecular weight is 170 g/mol. The Morgan fingerprint density at radius 2 is 2.17 bits per heavy atom. The monoisotopic (exact) mass is 170 g/mol. The third-order valence-corrected chi connectivity index (χ3v) is 2.71. The average Bonchev–Trinajstić information content (AvgIpc) is 2.01. The molecular weight excluding hydrogens is 148 g/mol. The van der Waals surface area contributed by atoms with Crippen molar-refractivity contribution >= 4 is 0 Å². The van der Waals surface area contributed by atoms with E-state index in [0.29, 0.717) is 0 Å². The smallest absolute Gasteiger partial charge is 0.000709 e. The number of rotatable bonds is 3. The molecule has 2 heteroatoms. The van der Waals surface area contributed by atoms with Crippen molar-refractivity contribution in [2.24, 2.45) is 5.92 Å². The van der Waals surface area contributed by atoms with Gasteiger partial charge in [0.1, 0.15) is 0 Å². The predicted molar refractivity (Wildman–Crippen MR) is 53.4 cm³/mol. The highest BCUT2D eigenvalue weighted by molar-refractivity contribution is 4.70. The SMILES string of the molecule is CN(C)CCC1CCCN(C)C1. The summed E-state index contributed by atoms with van der Waals surface area (Å²) < 4.78 is 0. The summed E-state index contributed by atoms with van der Waals surface area (Å²) in [6.45, 7) is 3.87. The molecular formula is C10H22N2. The number of nitrogens with zero attached hydrogens (tertiary/aromatic N) is 2. The molecule has 72 valence electrons. The lowest BCUT2D eigenvalue weighted by molar-refractivity contribution is 0.191. The van der Waals surface area contributed by atoms with Crippen LogP contribution < -0.4 is 0 Å². The number of hydrogen-bond acceptors (Lipinski definition) is 2. The maximum atomic E-state index is 2.46. The van der Waals surface area contributed by atoms with Crippen LogP contribution in [0.3, 0.4) is 0 Å². The Morgan fingerprint density at radius 3 is 2.75 bits per heavy atom. The highest BCUT2D eigenvalue weighted by Crippen LogP contribution is 2.18. The summed E-state index contributed by atoms with van der Waals surface area (Å²) in [4.78, 5) is 4.75. The predicted octanol–water partition coefficient (Wildman–Crippen LogP) is 1.28. The van der Waals surface area contributed by atoms with Crippen molar-refractivity contribution in [3.8, 4) is 0 Å². The zero-order chi connectivity index (χ0) is 8.97. The van der Waals surface area contributed by atoms with Crippen LogP contribution in [0, 0.1) is 5.92 Å². The molecule has 1 atom stereocenters. The first-order valence-electron chi connectivity index (χ1n) is 5.02. The number of piperidine rings is 1. The van der Waals surface area contributed by atoms with Crippen molar-refractivity contribution in [2.75, 3.05) is 40.8 Å². The second-order valence-electron chi connectivity index (χ2n) is 4.36. The molecule has 0 saturated carbocycles. The Hall–Kier alpha value is -0.0800. The maximum Gasteiger partial charge on any atom is 0.000709 e. The molecule has 2 nitrogen and oxygen atoms in total. The van der Waals surface area contributed by atoms with E-state index >= 15 is 0 Å². The van der Waals surface area contributed by atoms with Gasteiger partial charge in [-0.05, 0) is 59.4 Å².